The molecule has 0 radical (unpaired) electrons. The number of hydrogen-bond acceptors (Lipinski definition) is 2. The number of hydrogen-bond donors (Lipinski definition) is 2. The van der Waals surface area contributed by atoms with Gasteiger partial charge in [0.2, 0.25) is 5.91 Å². The molecule has 0 aliphatic heterocycles. The van der Waals surface area contributed by atoms with Gasteiger partial charge in [0, 0.05) is 23.2 Å². The van der Waals surface area contributed by atoms with Crippen LogP contribution in [0.1, 0.15) is 48.5 Å². The van der Waals surface area contributed by atoms with Crippen molar-refractivity contribution in [3.8, 4) is 0 Å². The Labute approximate surface area is 119 Å². The molecule has 104 valence electrons. The summed E-state index contributed by atoms with van der Waals surface area (Å²) in [6, 6.07) is 5.83. The normalized spacial score (nSPS) is 23.3. The summed E-state index contributed by atoms with van der Waals surface area (Å²) in [7, 11) is 0. The number of primary amides is 1. The molecule has 2 atom stereocenters. The number of rotatable bonds is 4. The second-order valence-electron chi connectivity index (χ2n) is 5.52. The molecule has 0 bridgehead atoms. The van der Waals surface area contributed by atoms with E-state index in [9.17, 15) is 4.79 Å². The van der Waals surface area contributed by atoms with E-state index in [1.807, 2.05) is 6.07 Å². The van der Waals surface area contributed by atoms with Crippen LogP contribution in [-0.2, 0) is 6.54 Å². The molecule has 1 aliphatic rings. The summed E-state index contributed by atoms with van der Waals surface area (Å²) < 4.78 is 0. The van der Waals surface area contributed by atoms with Gasteiger partial charge in [0.15, 0.2) is 0 Å². The first-order valence-electron chi connectivity index (χ1n) is 6.88. The Bertz CT molecular complexity index is 461. The van der Waals surface area contributed by atoms with Crippen molar-refractivity contribution in [3.63, 3.8) is 0 Å². The quantitative estimate of drug-likeness (QED) is 0.890. The summed E-state index contributed by atoms with van der Waals surface area (Å²) in [5.41, 5.74) is 6.70. The van der Waals surface area contributed by atoms with Crippen LogP contribution in [0.2, 0.25) is 5.02 Å². The molecular formula is C15H21ClN2O. The maximum Gasteiger partial charge on any atom is 0.248 e. The van der Waals surface area contributed by atoms with E-state index in [0.29, 0.717) is 16.6 Å². The van der Waals surface area contributed by atoms with Crippen molar-refractivity contribution in [2.75, 3.05) is 0 Å². The van der Waals surface area contributed by atoms with E-state index in [2.05, 4.69) is 12.2 Å². The van der Waals surface area contributed by atoms with Crippen LogP contribution in [0, 0.1) is 5.92 Å². The number of amides is 1. The molecule has 1 fully saturated rings. The Morgan fingerprint density at radius 2 is 2.26 bits per heavy atom. The molecule has 1 saturated carbocycles. The van der Waals surface area contributed by atoms with Crippen LogP contribution < -0.4 is 11.1 Å². The predicted octanol–water partition coefficient (Wildman–Crippen LogP) is 3.11. The topological polar surface area (TPSA) is 55.1 Å². The lowest BCUT2D eigenvalue weighted by Gasteiger charge is -2.27. The van der Waals surface area contributed by atoms with Crippen molar-refractivity contribution >= 4 is 17.5 Å². The molecule has 1 aliphatic carbocycles. The Morgan fingerprint density at radius 3 is 2.89 bits per heavy atom. The van der Waals surface area contributed by atoms with Gasteiger partial charge in [-0.3, -0.25) is 4.79 Å². The second kappa shape index (κ2) is 6.40. The van der Waals surface area contributed by atoms with Gasteiger partial charge in [-0.2, -0.15) is 0 Å². The average Bonchev–Trinajstić information content (AvgIpc) is 2.37. The highest BCUT2D eigenvalue weighted by atomic mass is 35.5. The molecule has 3 N–H and O–H groups in total. The predicted molar refractivity (Wildman–Crippen MR) is 78.2 cm³/mol. The minimum absolute atomic E-state index is 0.442. The van der Waals surface area contributed by atoms with Gasteiger partial charge in [-0.05, 0) is 36.5 Å². The number of carbonyl (C=O) groups excluding carboxylic acids is 1. The van der Waals surface area contributed by atoms with Crippen molar-refractivity contribution < 1.29 is 4.79 Å². The molecule has 1 amide bonds. The van der Waals surface area contributed by atoms with Gasteiger partial charge in [-0.25, -0.2) is 0 Å². The zero-order chi connectivity index (χ0) is 13.8. The summed E-state index contributed by atoms with van der Waals surface area (Å²) in [5, 5.41) is 4.16. The fourth-order valence-electron chi connectivity index (χ4n) is 2.72. The number of halogens is 1. The van der Waals surface area contributed by atoms with Gasteiger partial charge >= 0.3 is 0 Å². The second-order valence-corrected chi connectivity index (χ2v) is 5.93. The van der Waals surface area contributed by atoms with E-state index in [1.54, 1.807) is 12.1 Å². The first-order valence-corrected chi connectivity index (χ1v) is 7.25. The van der Waals surface area contributed by atoms with Gasteiger partial charge in [0.1, 0.15) is 0 Å². The average molecular weight is 281 g/mol. The van der Waals surface area contributed by atoms with Crippen molar-refractivity contribution in [1.82, 2.24) is 5.32 Å². The third kappa shape index (κ3) is 3.95. The largest absolute Gasteiger partial charge is 0.366 e. The van der Waals surface area contributed by atoms with Crippen LogP contribution in [0.3, 0.4) is 0 Å². The Morgan fingerprint density at radius 1 is 1.47 bits per heavy atom. The molecular weight excluding hydrogens is 260 g/mol. The van der Waals surface area contributed by atoms with Gasteiger partial charge in [-0.15, -0.1) is 0 Å². The molecule has 0 aromatic heterocycles. The fourth-order valence-corrected chi connectivity index (χ4v) is 2.97. The Balaban J connectivity index is 1.94. The van der Waals surface area contributed by atoms with Crippen LogP contribution in [0.25, 0.3) is 0 Å². The third-order valence-electron chi connectivity index (χ3n) is 3.86. The lowest BCUT2D eigenvalue weighted by atomic mass is 9.87. The van der Waals surface area contributed by atoms with Crippen LogP contribution in [-0.4, -0.2) is 11.9 Å². The Kier molecular flexibility index (Phi) is 4.83. The van der Waals surface area contributed by atoms with E-state index >= 15 is 0 Å². The van der Waals surface area contributed by atoms with Gasteiger partial charge < -0.3 is 11.1 Å². The highest BCUT2D eigenvalue weighted by Crippen LogP contribution is 2.24. The van der Waals surface area contributed by atoms with E-state index < -0.39 is 5.91 Å². The van der Waals surface area contributed by atoms with E-state index in [0.717, 1.165) is 18.0 Å². The SMILES string of the molecule is CC1CCCC(NCc2ccc(C(N)=O)cc2Cl)C1. The number of nitrogens with one attached hydrogen (secondary N) is 1. The van der Waals surface area contributed by atoms with Gasteiger partial charge in [0.05, 0.1) is 0 Å². The summed E-state index contributed by atoms with van der Waals surface area (Å²) >= 11 is 6.17. The van der Waals surface area contributed by atoms with E-state index in [1.165, 1.54) is 25.7 Å². The van der Waals surface area contributed by atoms with Gasteiger partial charge in [0.25, 0.3) is 0 Å². The van der Waals surface area contributed by atoms with Gasteiger partial charge in [-0.1, -0.05) is 37.4 Å². The lowest BCUT2D eigenvalue weighted by molar-refractivity contribution is 0.100. The summed E-state index contributed by atoms with van der Waals surface area (Å²) in [6.07, 6.45) is 5.11. The van der Waals surface area contributed by atoms with Crippen molar-refractivity contribution in [2.45, 2.75) is 45.2 Å². The molecule has 2 rings (SSSR count). The number of nitrogens with two attached hydrogens (primary N) is 1. The molecule has 19 heavy (non-hydrogen) atoms. The van der Waals surface area contributed by atoms with Crippen molar-refractivity contribution in [2.24, 2.45) is 11.7 Å². The molecule has 1 aromatic carbocycles. The van der Waals surface area contributed by atoms with Crippen molar-refractivity contribution in [3.05, 3.63) is 34.3 Å². The number of carbonyl (C=O) groups is 1. The summed E-state index contributed by atoms with van der Waals surface area (Å²) in [5.74, 6) is 0.362. The van der Waals surface area contributed by atoms with E-state index in [-0.39, 0.29) is 0 Å². The minimum atomic E-state index is -0.442. The zero-order valence-corrected chi connectivity index (χ0v) is 12.0. The third-order valence-corrected chi connectivity index (χ3v) is 4.21. The molecule has 0 saturated heterocycles. The molecule has 4 heteroatoms. The molecule has 1 aromatic rings. The highest BCUT2D eigenvalue weighted by Gasteiger charge is 2.18. The molecule has 3 nitrogen and oxygen atoms in total. The lowest BCUT2D eigenvalue weighted by Crippen LogP contribution is -2.33. The van der Waals surface area contributed by atoms with Crippen molar-refractivity contribution in [1.29, 1.82) is 0 Å². The molecule has 2 unspecified atom stereocenters. The van der Waals surface area contributed by atoms with Crippen LogP contribution in [0.4, 0.5) is 0 Å². The van der Waals surface area contributed by atoms with E-state index in [4.69, 9.17) is 17.3 Å². The first-order chi connectivity index (χ1) is 9.06. The standard InChI is InChI=1S/C15H21ClN2O/c1-10-3-2-4-13(7-10)18-9-12-6-5-11(15(17)19)8-14(12)16/h5-6,8,10,13,18H,2-4,7,9H2,1H3,(H2,17,19). The smallest absolute Gasteiger partial charge is 0.248 e. The maximum absolute atomic E-state index is 11.1. The van der Waals surface area contributed by atoms with Crippen LogP contribution >= 0.6 is 11.6 Å². The van der Waals surface area contributed by atoms with Crippen LogP contribution in [0.5, 0.6) is 0 Å². The fraction of sp³-hybridized carbons (Fsp3) is 0.533. The Hall–Kier alpha value is -1.06. The maximum atomic E-state index is 11.1. The molecule has 0 spiro atoms. The minimum Gasteiger partial charge on any atom is -0.366 e. The van der Waals surface area contributed by atoms with Crippen LogP contribution in [0.15, 0.2) is 18.2 Å². The summed E-state index contributed by atoms with van der Waals surface area (Å²) in [4.78, 5) is 11.1. The monoisotopic (exact) mass is 280 g/mol. The highest BCUT2D eigenvalue weighted by molar-refractivity contribution is 6.31. The first kappa shape index (κ1) is 14.4. The molecule has 0 heterocycles. The summed E-state index contributed by atoms with van der Waals surface area (Å²) in [6.45, 7) is 3.05. The number of benzene rings is 1. The zero-order valence-electron chi connectivity index (χ0n) is 11.3.